The molecule has 0 bridgehead atoms. The summed E-state index contributed by atoms with van der Waals surface area (Å²) in [5.74, 6) is 6.45. The third-order valence-electron chi connectivity index (χ3n) is 3.13. The third-order valence-corrected chi connectivity index (χ3v) is 3.13. The van der Waals surface area contributed by atoms with Gasteiger partial charge in [-0.2, -0.15) is 10.2 Å². The highest BCUT2D eigenvalue weighted by Crippen LogP contribution is 2.13. The minimum absolute atomic E-state index is 0.968. The van der Waals surface area contributed by atoms with Gasteiger partial charge in [-0.1, -0.05) is 30.9 Å². The van der Waals surface area contributed by atoms with Gasteiger partial charge in [0.1, 0.15) is 0 Å². The fraction of sp³-hybridized carbons (Fsp3) is 0.444. The standard InChI is InChI=1S/C18H24N2/c1-5-6-7-11-18-13-12-17(14-15(18)2)10-8-9-16(3)20-19-4/h12-14H,4-6,8-10H2,1-3H3/b20-16+. The van der Waals surface area contributed by atoms with Crippen molar-refractivity contribution in [2.45, 2.75) is 52.9 Å². The van der Waals surface area contributed by atoms with Crippen molar-refractivity contribution in [3.63, 3.8) is 0 Å². The van der Waals surface area contributed by atoms with Crippen LogP contribution in [0.1, 0.15) is 56.2 Å². The largest absolute Gasteiger partial charge is 0.167 e. The summed E-state index contributed by atoms with van der Waals surface area (Å²) in [6.45, 7) is 9.64. The van der Waals surface area contributed by atoms with Gasteiger partial charge in [-0.25, -0.2) is 0 Å². The van der Waals surface area contributed by atoms with Gasteiger partial charge in [-0.3, -0.25) is 0 Å². The van der Waals surface area contributed by atoms with Crippen LogP contribution < -0.4 is 0 Å². The van der Waals surface area contributed by atoms with E-state index in [1.54, 1.807) is 0 Å². The zero-order valence-electron chi connectivity index (χ0n) is 12.9. The molecule has 1 aromatic carbocycles. The Balaban J connectivity index is 2.58. The smallest absolute Gasteiger partial charge is 0.0374 e. The lowest BCUT2D eigenvalue weighted by molar-refractivity contribution is 0.858. The van der Waals surface area contributed by atoms with E-state index in [1.807, 2.05) is 6.92 Å². The monoisotopic (exact) mass is 268 g/mol. The highest BCUT2D eigenvalue weighted by molar-refractivity contribution is 5.81. The average Bonchev–Trinajstić information content (AvgIpc) is 2.42. The Labute approximate surface area is 123 Å². The Morgan fingerprint density at radius 2 is 2.15 bits per heavy atom. The normalized spacial score (nSPS) is 10.8. The summed E-state index contributed by atoms with van der Waals surface area (Å²) >= 11 is 0. The molecular weight excluding hydrogens is 244 g/mol. The van der Waals surface area contributed by atoms with Crippen LogP contribution in [0, 0.1) is 18.8 Å². The van der Waals surface area contributed by atoms with Crippen LogP contribution in [0.15, 0.2) is 28.4 Å². The highest BCUT2D eigenvalue weighted by Gasteiger charge is 1.99. The van der Waals surface area contributed by atoms with Crippen molar-refractivity contribution >= 4 is 12.4 Å². The molecule has 0 amide bonds. The first-order chi connectivity index (χ1) is 9.67. The molecule has 0 saturated heterocycles. The third kappa shape index (κ3) is 5.84. The summed E-state index contributed by atoms with van der Waals surface area (Å²) in [5, 5.41) is 7.49. The molecule has 0 radical (unpaired) electrons. The lowest BCUT2D eigenvalue weighted by atomic mass is 10.0. The first-order valence-electron chi connectivity index (χ1n) is 7.25. The molecule has 20 heavy (non-hydrogen) atoms. The maximum atomic E-state index is 3.94. The van der Waals surface area contributed by atoms with Crippen LogP contribution in [-0.4, -0.2) is 12.4 Å². The van der Waals surface area contributed by atoms with Gasteiger partial charge in [-0.05, 0) is 56.7 Å². The molecule has 0 unspecified atom stereocenters. The molecule has 1 rings (SSSR count). The van der Waals surface area contributed by atoms with Crippen LogP contribution in [-0.2, 0) is 6.42 Å². The first-order valence-corrected chi connectivity index (χ1v) is 7.25. The first kappa shape index (κ1) is 16.2. The number of rotatable bonds is 6. The van der Waals surface area contributed by atoms with Crippen LogP contribution in [0.4, 0.5) is 0 Å². The predicted octanol–water partition coefficient (Wildman–Crippen LogP) is 4.55. The Morgan fingerprint density at radius 3 is 2.80 bits per heavy atom. The van der Waals surface area contributed by atoms with E-state index < -0.39 is 0 Å². The Kier molecular flexibility index (Phi) is 7.35. The zero-order valence-corrected chi connectivity index (χ0v) is 12.9. The number of hydrogen-bond acceptors (Lipinski definition) is 2. The van der Waals surface area contributed by atoms with Gasteiger partial charge in [0.15, 0.2) is 0 Å². The molecule has 0 atom stereocenters. The molecule has 0 N–H and O–H groups in total. The fourth-order valence-corrected chi connectivity index (χ4v) is 2.02. The van der Waals surface area contributed by atoms with Crippen LogP contribution >= 0.6 is 0 Å². The second-order valence-corrected chi connectivity index (χ2v) is 5.03. The molecule has 2 heteroatoms. The van der Waals surface area contributed by atoms with Crippen LogP contribution in [0.5, 0.6) is 0 Å². The molecule has 0 aromatic heterocycles. The van der Waals surface area contributed by atoms with Crippen LogP contribution in [0.2, 0.25) is 0 Å². The number of unbranched alkanes of at least 4 members (excludes halogenated alkanes) is 1. The van der Waals surface area contributed by atoms with Crippen LogP contribution in [0.25, 0.3) is 0 Å². The van der Waals surface area contributed by atoms with Gasteiger partial charge in [0.05, 0.1) is 0 Å². The molecule has 2 nitrogen and oxygen atoms in total. The molecule has 1 aromatic rings. The average molecular weight is 268 g/mol. The van der Waals surface area contributed by atoms with Crippen molar-refractivity contribution in [2.24, 2.45) is 10.2 Å². The maximum absolute atomic E-state index is 3.94. The van der Waals surface area contributed by atoms with E-state index in [0.29, 0.717) is 0 Å². The maximum Gasteiger partial charge on any atom is 0.0374 e. The quantitative estimate of drug-likeness (QED) is 0.411. The number of nitrogens with zero attached hydrogens (tertiary/aromatic N) is 2. The SMILES string of the molecule is C=N/N=C(\C)CCCc1ccc(C#CCCC)c(C)c1. The Hall–Kier alpha value is -1.88. The molecule has 0 saturated carbocycles. The molecule has 0 aliphatic heterocycles. The molecule has 0 fully saturated rings. The van der Waals surface area contributed by atoms with Crippen LogP contribution in [0.3, 0.4) is 0 Å². The number of hydrogen-bond donors (Lipinski definition) is 0. The summed E-state index contributed by atoms with van der Waals surface area (Å²) in [6.07, 6.45) is 5.20. The molecule has 0 aliphatic rings. The Morgan fingerprint density at radius 1 is 1.35 bits per heavy atom. The second-order valence-electron chi connectivity index (χ2n) is 5.03. The van der Waals surface area contributed by atoms with Crippen molar-refractivity contribution in [3.05, 3.63) is 34.9 Å². The highest BCUT2D eigenvalue weighted by atomic mass is 15.2. The van der Waals surface area contributed by atoms with Crippen molar-refractivity contribution in [2.75, 3.05) is 0 Å². The van der Waals surface area contributed by atoms with E-state index in [2.05, 4.69) is 60.8 Å². The topological polar surface area (TPSA) is 24.7 Å². The fourth-order valence-electron chi connectivity index (χ4n) is 2.02. The van der Waals surface area contributed by atoms with E-state index in [9.17, 15) is 0 Å². The molecule has 0 heterocycles. The summed E-state index contributed by atoms with van der Waals surface area (Å²) in [6, 6.07) is 6.56. The molecular formula is C18H24N2. The molecule has 0 spiro atoms. The van der Waals surface area contributed by atoms with Gasteiger partial charge in [-0.15, -0.1) is 0 Å². The second kappa shape index (κ2) is 9.09. The lowest BCUT2D eigenvalue weighted by Gasteiger charge is -2.04. The summed E-state index contributed by atoms with van der Waals surface area (Å²) in [4.78, 5) is 0. The molecule has 0 aliphatic carbocycles. The summed E-state index contributed by atoms with van der Waals surface area (Å²) in [7, 11) is 0. The van der Waals surface area contributed by atoms with E-state index in [-0.39, 0.29) is 0 Å². The van der Waals surface area contributed by atoms with E-state index in [4.69, 9.17) is 0 Å². The number of benzene rings is 1. The van der Waals surface area contributed by atoms with Crippen molar-refractivity contribution < 1.29 is 0 Å². The van der Waals surface area contributed by atoms with Gasteiger partial charge in [0, 0.05) is 24.4 Å². The zero-order chi connectivity index (χ0) is 14.8. The van der Waals surface area contributed by atoms with E-state index in [1.165, 1.54) is 11.1 Å². The summed E-state index contributed by atoms with van der Waals surface area (Å²) in [5.41, 5.74) is 4.82. The van der Waals surface area contributed by atoms with Gasteiger partial charge in [0.25, 0.3) is 0 Å². The lowest BCUT2D eigenvalue weighted by Crippen LogP contribution is -1.94. The van der Waals surface area contributed by atoms with Crippen molar-refractivity contribution in [1.82, 2.24) is 0 Å². The minimum atomic E-state index is 0.968. The van der Waals surface area contributed by atoms with Gasteiger partial charge < -0.3 is 0 Å². The Bertz CT molecular complexity index is 530. The van der Waals surface area contributed by atoms with Crippen molar-refractivity contribution in [1.29, 1.82) is 0 Å². The minimum Gasteiger partial charge on any atom is -0.167 e. The molecule has 106 valence electrons. The predicted molar refractivity (Wildman–Crippen MR) is 88.6 cm³/mol. The van der Waals surface area contributed by atoms with Gasteiger partial charge >= 0.3 is 0 Å². The number of aryl methyl sites for hydroxylation is 2. The van der Waals surface area contributed by atoms with Crippen molar-refractivity contribution in [3.8, 4) is 11.8 Å². The van der Waals surface area contributed by atoms with E-state index in [0.717, 1.165) is 43.4 Å². The van der Waals surface area contributed by atoms with Gasteiger partial charge in [0.2, 0.25) is 0 Å². The summed E-state index contributed by atoms with van der Waals surface area (Å²) < 4.78 is 0. The van der Waals surface area contributed by atoms with E-state index >= 15 is 0 Å².